The number of anilines is 1. The van der Waals surface area contributed by atoms with Crippen LogP contribution in [0, 0.1) is 0 Å². The number of carbonyl (C=O) groups excluding carboxylic acids is 3. The lowest BCUT2D eigenvalue weighted by Gasteiger charge is -2.21. The molecule has 9 heteroatoms. The molecule has 0 unspecified atom stereocenters. The zero-order valence-corrected chi connectivity index (χ0v) is 22.1. The lowest BCUT2D eigenvalue weighted by molar-refractivity contribution is -0.140. The Kier molecular flexibility index (Phi) is 11.2. The minimum absolute atomic E-state index is 0.0358. The van der Waals surface area contributed by atoms with E-state index in [1.807, 2.05) is 56.3 Å². The topological polar surface area (TPSA) is 115 Å². The number of fused-ring (bicyclic) bond motifs is 1. The third-order valence-corrected chi connectivity index (χ3v) is 5.82. The summed E-state index contributed by atoms with van der Waals surface area (Å²) in [5, 5.41) is 3.27. The zero-order valence-electron chi connectivity index (χ0n) is 22.1. The molecule has 0 aliphatic carbocycles. The van der Waals surface area contributed by atoms with Crippen LogP contribution in [-0.2, 0) is 19.1 Å². The summed E-state index contributed by atoms with van der Waals surface area (Å²) < 4.78 is 15.9. The summed E-state index contributed by atoms with van der Waals surface area (Å²) in [5.74, 6) is -1.22. The predicted octanol–water partition coefficient (Wildman–Crippen LogP) is 3.77. The number of hydrogen-bond acceptors (Lipinski definition) is 8. The average molecular weight is 533 g/mol. The fraction of sp³-hybridized carbons (Fsp3) is 0.267. The molecule has 204 valence electrons. The predicted molar refractivity (Wildman–Crippen MR) is 150 cm³/mol. The van der Waals surface area contributed by atoms with Gasteiger partial charge in [0.25, 0.3) is 5.91 Å². The molecule has 0 bridgehead atoms. The summed E-state index contributed by atoms with van der Waals surface area (Å²) in [4.78, 5) is 50.2. The van der Waals surface area contributed by atoms with Gasteiger partial charge in [-0.1, -0.05) is 36.4 Å². The van der Waals surface area contributed by atoms with Gasteiger partial charge in [-0.05, 0) is 49.8 Å². The summed E-state index contributed by atoms with van der Waals surface area (Å²) in [5.41, 5.74) is 1.53. The number of rotatable bonds is 14. The second-order valence-electron chi connectivity index (χ2n) is 8.35. The molecule has 0 saturated heterocycles. The van der Waals surface area contributed by atoms with E-state index in [9.17, 15) is 19.2 Å². The van der Waals surface area contributed by atoms with Crippen molar-refractivity contribution in [2.24, 2.45) is 0 Å². The van der Waals surface area contributed by atoms with Gasteiger partial charge in [0, 0.05) is 36.8 Å². The fourth-order valence-electron chi connectivity index (χ4n) is 3.77. The van der Waals surface area contributed by atoms with Gasteiger partial charge in [0.1, 0.15) is 24.0 Å². The van der Waals surface area contributed by atoms with Gasteiger partial charge in [-0.25, -0.2) is 9.59 Å². The molecule has 1 N–H and O–H groups in total. The molecule has 0 aliphatic heterocycles. The maximum atomic E-state index is 12.5. The molecule has 3 rings (SSSR count). The van der Waals surface area contributed by atoms with E-state index in [2.05, 4.69) is 10.2 Å². The quantitative estimate of drug-likeness (QED) is 0.0833. The average Bonchev–Trinajstić information content (AvgIpc) is 2.95. The van der Waals surface area contributed by atoms with Crippen LogP contribution >= 0.6 is 0 Å². The van der Waals surface area contributed by atoms with E-state index in [1.165, 1.54) is 12.1 Å². The molecule has 0 aliphatic rings. The summed E-state index contributed by atoms with van der Waals surface area (Å²) >= 11 is 0. The molecule has 3 aromatic rings. The number of aldehydes is 1. The number of hydrogen-bond donors (Lipinski definition) is 1. The number of nitrogens with zero attached hydrogens (tertiary/aromatic N) is 1. The van der Waals surface area contributed by atoms with Gasteiger partial charge in [-0.15, -0.1) is 0 Å². The van der Waals surface area contributed by atoms with Gasteiger partial charge in [-0.2, -0.15) is 0 Å². The third-order valence-electron chi connectivity index (χ3n) is 5.82. The Morgan fingerprint density at radius 1 is 1.00 bits per heavy atom. The van der Waals surface area contributed by atoms with Crippen LogP contribution in [0.3, 0.4) is 0 Å². The van der Waals surface area contributed by atoms with Gasteiger partial charge in [0.15, 0.2) is 0 Å². The van der Waals surface area contributed by atoms with Crippen molar-refractivity contribution < 1.29 is 28.3 Å². The van der Waals surface area contributed by atoms with Crippen molar-refractivity contribution in [3.05, 3.63) is 93.9 Å². The largest absolute Gasteiger partial charge is 0.460 e. The van der Waals surface area contributed by atoms with E-state index in [0.717, 1.165) is 30.4 Å². The molecule has 1 amide bonds. The Hall–Kier alpha value is -4.50. The standard InChI is InChI=1S/C30H32N2O7/c1-3-32(4-2)25-13-12-24-20-26(30(36)39-27(24)21-25)28(34)31-15-17-37-18-19-38-29(35)23(14-16-33)11-10-22-8-6-5-7-9-22/h5-14,16,20-21H,3-4,15,17-19H2,1-2H3,(H,31,34)/b11-10+,23-14+. The molecular formula is C30H32N2O7. The highest BCUT2D eigenvalue weighted by molar-refractivity contribution is 5.97. The number of esters is 1. The molecule has 0 saturated carbocycles. The molecule has 9 nitrogen and oxygen atoms in total. The van der Waals surface area contributed by atoms with Gasteiger partial charge in [0.2, 0.25) is 0 Å². The van der Waals surface area contributed by atoms with Crippen LogP contribution in [0.4, 0.5) is 5.69 Å². The summed E-state index contributed by atoms with van der Waals surface area (Å²) in [6.07, 6.45) is 4.86. The highest BCUT2D eigenvalue weighted by atomic mass is 16.6. The minimum atomic E-state index is -0.718. The SMILES string of the molecule is CCN(CC)c1ccc2cc(C(=O)NCCOCCOC(=O)C(/C=C/c3ccccc3)=C/C=O)c(=O)oc2c1. The highest BCUT2D eigenvalue weighted by Crippen LogP contribution is 2.22. The van der Waals surface area contributed by atoms with Gasteiger partial charge in [-0.3, -0.25) is 9.59 Å². The Balaban J connectivity index is 1.43. The second kappa shape index (κ2) is 15.0. The van der Waals surface area contributed by atoms with Crippen LogP contribution in [-0.4, -0.2) is 57.6 Å². The van der Waals surface area contributed by atoms with Gasteiger partial charge in [0.05, 0.1) is 18.8 Å². The van der Waals surface area contributed by atoms with E-state index in [1.54, 1.807) is 12.1 Å². The Bertz CT molecular complexity index is 1390. The molecule has 0 radical (unpaired) electrons. The highest BCUT2D eigenvalue weighted by Gasteiger charge is 2.14. The molecule has 2 aromatic carbocycles. The van der Waals surface area contributed by atoms with Crippen molar-refractivity contribution >= 4 is 40.9 Å². The zero-order chi connectivity index (χ0) is 28.0. The van der Waals surface area contributed by atoms with E-state index in [-0.39, 0.29) is 37.5 Å². The van der Waals surface area contributed by atoms with E-state index in [0.29, 0.717) is 17.3 Å². The number of carbonyl (C=O) groups is 3. The van der Waals surface area contributed by atoms with Crippen molar-refractivity contribution in [1.82, 2.24) is 5.32 Å². The first-order valence-corrected chi connectivity index (χ1v) is 12.7. The van der Waals surface area contributed by atoms with Gasteiger partial charge < -0.3 is 24.1 Å². The first-order chi connectivity index (χ1) is 19.0. The van der Waals surface area contributed by atoms with E-state index >= 15 is 0 Å². The Labute approximate surface area is 226 Å². The fourth-order valence-corrected chi connectivity index (χ4v) is 3.77. The maximum Gasteiger partial charge on any atom is 0.349 e. The normalized spacial score (nSPS) is 11.5. The first kappa shape index (κ1) is 29.1. The minimum Gasteiger partial charge on any atom is -0.460 e. The smallest absolute Gasteiger partial charge is 0.349 e. The molecular weight excluding hydrogens is 500 g/mol. The number of ether oxygens (including phenoxy) is 2. The van der Waals surface area contributed by atoms with Crippen molar-refractivity contribution in [3.63, 3.8) is 0 Å². The molecule has 0 atom stereocenters. The van der Waals surface area contributed by atoms with Crippen LogP contribution in [0.1, 0.15) is 29.8 Å². The lowest BCUT2D eigenvalue weighted by atomic mass is 10.1. The lowest BCUT2D eigenvalue weighted by Crippen LogP contribution is -2.31. The van der Waals surface area contributed by atoms with Crippen molar-refractivity contribution in [1.29, 1.82) is 0 Å². The Morgan fingerprint density at radius 3 is 2.49 bits per heavy atom. The van der Waals surface area contributed by atoms with Crippen molar-refractivity contribution in [3.8, 4) is 0 Å². The molecule has 0 spiro atoms. The first-order valence-electron chi connectivity index (χ1n) is 12.7. The molecule has 1 heterocycles. The maximum absolute atomic E-state index is 12.5. The van der Waals surface area contributed by atoms with Crippen LogP contribution in [0.5, 0.6) is 0 Å². The van der Waals surface area contributed by atoms with E-state index in [4.69, 9.17) is 13.9 Å². The summed E-state index contributed by atoms with van der Waals surface area (Å²) in [6.45, 7) is 6.06. The van der Waals surface area contributed by atoms with Crippen LogP contribution < -0.4 is 15.8 Å². The van der Waals surface area contributed by atoms with E-state index < -0.39 is 17.5 Å². The van der Waals surface area contributed by atoms with Gasteiger partial charge >= 0.3 is 11.6 Å². The summed E-state index contributed by atoms with van der Waals surface area (Å²) in [7, 11) is 0. The van der Waals surface area contributed by atoms with Crippen molar-refractivity contribution in [2.45, 2.75) is 13.8 Å². The number of nitrogens with one attached hydrogen (secondary N) is 1. The summed E-state index contributed by atoms with van der Waals surface area (Å²) in [6, 6.07) is 16.4. The number of allylic oxidation sites excluding steroid dienone is 1. The second-order valence-corrected chi connectivity index (χ2v) is 8.35. The number of amides is 1. The van der Waals surface area contributed by atoms with Crippen molar-refractivity contribution in [2.75, 3.05) is 44.4 Å². The van der Waals surface area contributed by atoms with Crippen LogP contribution in [0.15, 0.2) is 81.5 Å². The number of benzene rings is 2. The van der Waals surface area contributed by atoms with Crippen LogP contribution in [0.25, 0.3) is 17.0 Å². The molecule has 1 aromatic heterocycles. The third kappa shape index (κ3) is 8.51. The Morgan fingerprint density at radius 2 is 1.77 bits per heavy atom. The van der Waals surface area contributed by atoms with Crippen LogP contribution in [0.2, 0.25) is 0 Å². The molecule has 39 heavy (non-hydrogen) atoms. The molecule has 0 fully saturated rings. The monoisotopic (exact) mass is 532 g/mol.